The van der Waals surface area contributed by atoms with Crippen LogP contribution in [0.3, 0.4) is 0 Å². The van der Waals surface area contributed by atoms with Gasteiger partial charge in [0.05, 0.1) is 0 Å². The minimum atomic E-state index is 0.615. The first-order chi connectivity index (χ1) is 9.01. The summed E-state index contributed by atoms with van der Waals surface area (Å²) in [6.07, 6.45) is 10.2. The van der Waals surface area contributed by atoms with Crippen molar-refractivity contribution in [1.82, 2.24) is 4.90 Å². The summed E-state index contributed by atoms with van der Waals surface area (Å²) in [6.45, 7) is 16.4. The molecule has 0 spiro atoms. The Kier molecular flexibility index (Phi) is 6.14. The van der Waals surface area contributed by atoms with Gasteiger partial charge in [0.15, 0.2) is 0 Å². The van der Waals surface area contributed by atoms with E-state index in [-0.39, 0.29) is 0 Å². The third-order valence-electron chi connectivity index (χ3n) is 4.05. The molecule has 0 aromatic heterocycles. The van der Waals surface area contributed by atoms with Crippen LogP contribution in [0.2, 0.25) is 0 Å². The van der Waals surface area contributed by atoms with Gasteiger partial charge in [0.25, 0.3) is 0 Å². The van der Waals surface area contributed by atoms with Crippen LogP contribution in [-0.2, 0) is 0 Å². The number of nitrogens with zero attached hydrogens (tertiary/aromatic N) is 1. The number of hydrogen-bond donors (Lipinski definition) is 0. The second-order valence-corrected chi connectivity index (χ2v) is 5.57. The lowest BCUT2D eigenvalue weighted by molar-refractivity contribution is 0.250. The maximum Gasteiger partial charge on any atom is 0.0360 e. The van der Waals surface area contributed by atoms with Gasteiger partial charge in [-0.2, -0.15) is 0 Å². The van der Waals surface area contributed by atoms with Gasteiger partial charge < -0.3 is 4.90 Å². The highest BCUT2D eigenvalue weighted by molar-refractivity contribution is 5.41. The average Bonchev–Trinajstić information content (AvgIpc) is 2.40. The molecule has 1 heteroatoms. The fourth-order valence-electron chi connectivity index (χ4n) is 2.52. The molecule has 0 aromatic rings. The highest BCUT2D eigenvalue weighted by Gasteiger charge is 2.19. The van der Waals surface area contributed by atoms with Gasteiger partial charge in [-0.25, -0.2) is 0 Å². The lowest BCUT2D eigenvalue weighted by atomic mass is 9.98. The molecule has 106 valence electrons. The van der Waals surface area contributed by atoms with Crippen molar-refractivity contribution < 1.29 is 0 Å². The largest absolute Gasteiger partial charge is 0.369 e. The highest BCUT2D eigenvalue weighted by Crippen LogP contribution is 2.27. The van der Waals surface area contributed by atoms with Gasteiger partial charge >= 0.3 is 0 Å². The molecule has 0 aromatic carbocycles. The van der Waals surface area contributed by atoms with Crippen LogP contribution < -0.4 is 0 Å². The minimum Gasteiger partial charge on any atom is -0.369 e. The Bertz CT molecular complexity index is 409. The number of hydrogen-bond acceptors (Lipinski definition) is 1. The minimum absolute atomic E-state index is 0.615. The molecule has 1 rings (SSSR count). The number of allylic oxidation sites excluding steroid dienone is 6. The Labute approximate surface area is 119 Å². The molecular weight excluding hydrogens is 230 g/mol. The Morgan fingerprint density at radius 2 is 2.16 bits per heavy atom. The first-order valence-corrected chi connectivity index (χ1v) is 7.47. The molecule has 1 aliphatic heterocycles. The highest BCUT2D eigenvalue weighted by atomic mass is 15.2. The first-order valence-electron chi connectivity index (χ1n) is 7.47. The van der Waals surface area contributed by atoms with Gasteiger partial charge in [0, 0.05) is 18.3 Å². The Balaban J connectivity index is 3.05. The molecule has 0 saturated carbocycles. The summed E-state index contributed by atoms with van der Waals surface area (Å²) in [5.74, 6) is 0. The Morgan fingerprint density at radius 1 is 1.47 bits per heavy atom. The van der Waals surface area contributed by atoms with Crippen LogP contribution in [0.1, 0.15) is 53.9 Å². The van der Waals surface area contributed by atoms with E-state index in [1.54, 1.807) is 0 Å². The van der Waals surface area contributed by atoms with E-state index < -0.39 is 0 Å². The van der Waals surface area contributed by atoms with Crippen LogP contribution in [0.15, 0.2) is 47.2 Å². The lowest BCUT2D eigenvalue weighted by Gasteiger charge is -2.36. The smallest absolute Gasteiger partial charge is 0.0360 e. The quantitative estimate of drug-likeness (QED) is 0.611. The van der Waals surface area contributed by atoms with Crippen LogP contribution in [0.4, 0.5) is 0 Å². The van der Waals surface area contributed by atoms with E-state index in [0.29, 0.717) is 6.04 Å². The Hall–Kier alpha value is -1.24. The van der Waals surface area contributed by atoms with Crippen molar-refractivity contribution in [3.63, 3.8) is 0 Å². The van der Waals surface area contributed by atoms with Crippen molar-refractivity contribution in [3.05, 3.63) is 47.2 Å². The number of rotatable bonds is 5. The molecule has 1 nitrogen and oxygen atoms in total. The van der Waals surface area contributed by atoms with Gasteiger partial charge in [-0.05, 0) is 69.8 Å². The molecule has 1 atom stereocenters. The van der Waals surface area contributed by atoms with Crippen LogP contribution in [0, 0.1) is 0 Å². The molecule has 1 unspecified atom stereocenters. The second-order valence-electron chi connectivity index (χ2n) is 5.57. The van der Waals surface area contributed by atoms with Crippen molar-refractivity contribution in [2.75, 3.05) is 6.54 Å². The van der Waals surface area contributed by atoms with Gasteiger partial charge in [0.1, 0.15) is 0 Å². The molecule has 19 heavy (non-hydrogen) atoms. The molecule has 0 aliphatic carbocycles. The van der Waals surface area contributed by atoms with Crippen molar-refractivity contribution in [2.24, 2.45) is 0 Å². The first kappa shape index (κ1) is 15.8. The zero-order valence-electron chi connectivity index (χ0n) is 13.3. The predicted octanol–water partition coefficient (Wildman–Crippen LogP) is 5.23. The SMILES string of the molecule is C=C(/C=C\C)/C(C)=C/C1=C(C)CCCN1C(C)CC. The van der Waals surface area contributed by atoms with Gasteiger partial charge in [-0.1, -0.05) is 25.7 Å². The maximum absolute atomic E-state index is 4.13. The monoisotopic (exact) mass is 259 g/mol. The summed E-state index contributed by atoms with van der Waals surface area (Å²) in [7, 11) is 0. The summed E-state index contributed by atoms with van der Waals surface area (Å²) >= 11 is 0. The van der Waals surface area contributed by atoms with Crippen molar-refractivity contribution in [1.29, 1.82) is 0 Å². The third kappa shape index (κ3) is 4.12. The van der Waals surface area contributed by atoms with Crippen LogP contribution >= 0.6 is 0 Å². The van der Waals surface area contributed by atoms with Crippen LogP contribution in [0.25, 0.3) is 0 Å². The van der Waals surface area contributed by atoms with E-state index in [9.17, 15) is 0 Å². The molecule has 0 N–H and O–H groups in total. The molecule has 1 heterocycles. The standard InChI is InChI=1S/C18H29N/c1-7-10-14(3)16(5)13-18-15(4)11-9-12-19(18)17(6)8-2/h7,10,13,17H,3,8-9,11-12H2,1-2,4-6H3/b10-7-,16-13+. The van der Waals surface area contributed by atoms with Crippen molar-refractivity contribution >= 4 is 0 Å². The van der Waals surface area contributed by atoms with E-state index in [1.807, 2.05) is 13.0 Å². The van der Waals surface area contributed by atoms with E-state index in [0.717, 1.165) is 5.57 Å². The van der Waals surface area contributed by atoms with Gasteiger partial charge in [0.2, 0.25) is 0 Å². The molecule has 0 bridgehead atoms. The Morgan fingerprint density at radius 3 is 2.74 bits per heavy atom. The third-order valence-corrected chi connectivity index (χ3v) is 4.05. The summed E-state index contributed by atoms with van der Waals surface area (Å²) < 4.78 is 0. The van der Waals surface area contributed by atoms with Gasteiger partial charge in [-0.15, -0.1) is 0 Å². The molecule has 0 amide bonds. The normalized spacial score (nSPS) is 19.2. The lowest BCUT2D eigenvalue weighted by Crippen LogP contribution is -2.35. The van der Waals surface area contributed by atoms with Gasteiger partial charge in [-0.3, -0.25) is 0 Å². The summed E-state index contributed by atoms with van der Waals surface area (Å²) in [6, 6.07) is 0.615. The molecule has 1 aliphatic rings. The summed E-state index contributed by atoms with van der Waals surface area (Å²) in [4.78, 5) is 2.56. The van der Waals surface area contributed by atoms with Crippen LogP contribution in [0.5, 0.6) is 0 Å². The molecule has 0 fully saturated rings. The predicted molar refractivity (Wildman–Crippen MR) is 86.1 cm³/mol. The average molecular weight is 259 g/mol. The van der Waals surface area contributed by atoms with E-state index in [4.69, 9.17) is 0 Å². The zero-order chi connectivity index (χ0) is 14.4. The fraction of sp³-hybridized carbons (Fsp3) is 0.556. The molecular formula is C18H29N. The molecule has 0 saturated heterocycles. The maximum atomic E-state index is 4.13. The van der Waals surface area contributed by atoms with Crippen molar-refractivity contribution in [3.8, 4) is 0 Å². The summed E-state index contributed by atoms with van der Waals surface area (Å²) in [5.41, 5.74) is 5.31. The van der Waals surface area contributed by atoms with E-state index in [1.165, 1.54) is 42.7 Å². The summed E-state index contributed by atoms with van der Waals surface area (Å²) in [5, 5.41) is 0. The van der Waals surface area contributed by atoms with Crippen molar-refractivity contribution in [2.45, 2.75) is 59.9 Å². The molecule has 0 radical (unpaired) electrons. The van der Waals surface area contributed by atoms with E-state index in [2.05, 4.69) is 51.3 Å². The topological polar surface area (TPSA) is 3.24 Å². The fourth-order valence-corrected chi connectivity index (χ4v) is 2.52. The van der Waals surface area contributed by atoms with E-state index >= 15 is 0 Å². The van der Waals surface area contributed by atoms with Crippen LogP contribution in [-0.4, -0.2) is 17.5 Å². The zero-order valence-corrected chi connectivity index (χ0v) is 13.3. The second kappa shape index (κ2) is 7.37.